The molecule has 0 aliphatic rings. The van der Waals surface area contributed by atoms with Crippen molar-refractivity contribution in [2.75, 3.05) is 5.73 Å². The lowest BCUT2D eigenvalue weighted by Crippen LogP contribution is -2.07. The molecule has 2 aromatic rings. The second kappa shape index (κ2) is 6.06. The number of carbonyl (C=O) groups is 1. The van der Waals surface area contributed by atoms with Crippen LogP contribution in [-0.2, 0) is 11.3 Å². The van der Waals surface area contributed by atoms with Gasteiger partial charge in [0, 0.05) is 5.69 Å². The molecule has 0 atom stereocenters. The fraction of sp³-hybridized carbons (Fsp3) is 0.125. The topological polar surface area (TPSA) is 76.1 Å². The van der Waals surface area contributed by atoms with E-state index in [0.29, 0.717) is 22.4 Å². The standard InChI is InChI=1S/C16H13FN2O2/c1-10-4-14(19)2-3-15(10)16(20)21-9-12-5-11(8-18)6-13(17)7-12/h2-7H,9,19H2,1H3. The van der Waals surface area contributed by atoms with Crippen molar-refractivity contribution in [3.05, 3.63) is 64.5 Å². The van der Waals surface area contributed by atoms with Crippen molar-refractivity contribution in [2.24, 2.45) is 0 Å². The number of hydrogen-bond acceptors (Lipinski definition) is 4. The minimum Gasteiger partial charge on any atom is -0.457 e. The molecule has 0 bridgehead atoms. The Kier molecular flexibility index (Phi) is 4.19. The lowest BCUT2D eigenvalue weighted by molar-refractivity contribution is 0.0471. The highest BCUT2D eigenvalue weighted by atomic mass is 19.1. The van der Waals surface area contributed by atoms with E-state index in [4.69, 9.17) is 15.7 Å². The Morgan fingerprint density at radius 1 is 1.33 bits per heavy atom. The Labute approximate surface area is 121 Å². The Morgan fingerprint density at radius 2 is 2.10 bits per heavy atom. The van der Waals surface area contributed by atoms with Crippen LogP contribution >= 0.6 is 0 Å². The zero-order chi connectivity index (χ0) is 15.4. The molecule has 5 heteroatoms. The summed E-state index contributed by atoms with van der Waals surface area (Å²) in [4.78, 5) is 12.0. The van der Waals surface area contributed by atoms with Crippen LogP contribution in [0.15, 0.2) is 36.4 Å². The first kappa shape index (κ1) is 14.5. The van der Waals surface area contributed by atoms with Gasteiger partial charge in [0.05, 0.1) is 17.2 Å². The molecule has 0 aliphatic carbocycles. The molecule has 0 fully saturated rings. The zero-order valence-electron chi connectivity index (χ0n) is 11.4. The highest BCUT2D eigenvalue weighted by Crippen LogP contribution is 2.15. The van der Waals surface area contributed by atoms with Crippen LogP contribution in [-0.4, -0.2) is 5.97 Å². The Bertz CT molecular complexity index is 736. The van der Waals surface area contributed by atoms with E-state index in [1.165, 1.54) is 12.1 Å². The molecule has 0 heterocycles. The normalized spacial score (nSPS) is 9.95. The average Bonchev–Trinajstić information content (AvgIpc) is 2.44. The van der Waals surface area contributed by atoms with E-state index in [0.717, 1.165) is 6.07 Å². The molecule has 2 rings (SSSR count). The second-order valence-electron chi connectivity index (χ2n) is 4.61. The molecule has 106 valence electrons. The highest BCUT2D eigenvalue weighted by molar-refractivity contribution is 5.91. The van der Waals surface area contributed by atoms with E-state index >= 15 is 0 Å². The third kappa shape index (κ3) is 3.57. The van der Waals surface area contributed by atoms with Gasteiger partial charge in [0.25, 0.3) is 0 Å². The minimum absolute atomic E-state index is 0.102. The molecule has 2 aromatic carbocycles. The van der Waals surface area contributed by atoms with Crippen molar-refractivity contribution < 1.29 is 13.9 Å². The van der Waals surface area contributed by atoms with Crippen molar-refractivity contribution >= 4 is 11.7 Å². The SMILES string of the molecule is Cc1cc(N)ccc1C(=O)OCc1cc(F)cc(C#N)c1. The first-order chi connectivity index (χ1) is 9.99. The largest absolute Gasteiger partial charge is 0.457 e. The van der Waals surface area contributed by atoms with Crippen LogP contribution in [0.25, 0.3) is 0 Å². The molecule has 0 spiro atoms. The van der Waals surface area contributed by atoms with Gasteiger partial charge < -0.3 is 10.5 Å². The number of nitrogen functional groups attached to an aromatic ring is 1. The predicted molar refractivity (Wildman–Crippen MR) is 75.8 cm³/mol. The molecule has 0 amide bonds. The molecule has 21 heavy (non-hydrogen) atoms. The van der Waals surface area contributed by atoms with Gasteiger partial charge in [-0.1, -0.05) is 0 Å². The summed E-state index contributed by atoms with van der Waals surface area (Å²) < 4.78 is 18.4. The summed E-state index contributed by atoms with van der Waals surface area (Å²) in [6.07, 6.45) is 0. The predicted octanol–water partition coefficient (Wildman–Crippen LogP) is 2.95. The fourth-order valence-electron chi connectivity index (χ4n) is 1.94. The van der Waals surface area contributed by atoms with Crippen molar-refractivity contribution in [1.82, 2.24) is 0 Å². The molecule has 0 aliphatic heterocycles. The van der Waals surface area contributed by atoms with E-state index < -0.39 is 11.8 Å². The van der Waals surface area contributed by atoms with Crippen LogP contribution in [0.1, 0.15) is 27.0 Å². The average molecular weight is 284 g/mol. The van der Waals surface area contributed by atoms with Crippen LogP contribution in [0.3, 0.4) is 0 Å². The van der Waals surface area contributed by atoms with Crippen molar-refractivity contribution in [3.63, 3.8) is 0 Å². The lowest BCUT2D eigenvalue weighted by Gasteiger charge is -2.08. The number of esters is 1. The zero-order valence-corrected chi connectivity index (χ0v) is 11.4. The summed E-state index contributed by atoms with van der Waals surface area (Å²) in [6, 6.07) is 10.5. The third-order valence-corrected chi connectivity index (χ3v) is 2.93. The molecule has 0 aromatic heterocycles. The number of nitrogens with two attached hydrogens (primary N) is 1. The summed E-state index contributed by atoms with van der Waals surface area (Å²) in [5.41, 5.74) is 7.90. The number of nitriles is 1. The summed E-state index contributed by atoms with van der Waals surface area (Å²) in [7, 11) is 0. The van der Waals surface area contributed by atoms with Gasteiger partial charge in [-0.25, -0.2) is 9.18 Å². The summed E-state index contributed by atoms with van der Waals surface area (Å²) in [6.45, 7) is 1.65. The Morgan fingerprint density at radius 3 is 2.76 bits per heavy atom. The Balaban J connectivity index is 2.11. The number of rotatable bonds is 3. The number of halogens is 1. The van der Waals surface area contributed by atoms with Crippen molar-refractivity contribution in [1.29, 1.82) is 5.26 Å². The monoisotopic (exact) mass is 284 g/mol. The summed E-state index contributed by atoms with van der Waals surface area (Å²) in [5.74, 6) is -1.06. The summed E-state index contributed by atoms with van der Waals surface area (Å²) >= 11 is 0. The van der Waals surface area contributed by atoms with Crippen LogP contribution < -0.4 is 5.73 Å². The fourth-order valence-corrected chi connectivity index (χ4v) is 1.94. The van der Waals surface area contributed by atoms with Crippen LogP contribution in [0, 0.1) is 24.1 Å². The number of hydrogen-bond donors (Lipinski definition) is 1. The highest BCUT2D eigenvalue weighted by Gasteiger charge is 2.11. The molecule has 0 saturated carbocycles. The van der Waals surface area contributed by atoms with Crippen LogP contribution in [0.5, 0.6) is 0 Å². The van der Waals surface area contributed by atoms with Gasteiger partial charge in [0.2, 0.25) is 0 Å². The number of aryl methyl sites for hydroxylation is 1. The Hall–Kier alpha value is -2.87. The molecule has 0 radical (unpaired) electrons. The molecule has 2 N–H and O–H groups in total. The maximum Gasteiger partial charge on any atom is 0.338 e. The van der Waals surface area contributed by atoms with E-state index in [1.807, 2.05) is 6.07 Å². The molecule has 4 nitrogen and oxygen atoms in total. The first-order valence-corrected chi connectivity index (χ1v) is 6.22. The number of carbonyl (C=O) groups excluding carboxylic acids is 1. The van der Waals surface area contributed by atoms with Crippen molar-refractivity contribution in [3.8, 4) is 6.07 Å². The first-order valence-electron chi connectivity index (χ1n) is 6.22. The van der Waals surface area contributed by atoms with E-state index in [2.05, 4.69) is 0 Å². The summed E-state index contributed by atoms with van der Waals surface area (Å²) in [5, 5.41) is 8.77. The van der Waals surface area contributed by atoms with Gasteiger partial charge in [-0.05, 0) is 54.4 Å². The van der Waals surface area contributed by atoms with Gasteiger partial charge in [-0.3, -0.25) is 0 Å². The van der Waals surface area contributed by atoms with E-state index in [-0.39, 0.29) is 12.2 Å². The number of ether oxygens (including phenoxy) is 1. The number of benzene rings is 2. The van der Waals surface area contributed by atoms with Gasteiger partial charge >= 0.3 is 5.97 Å². The lowest BCUT2D eigenvalue weighted by atomic mass is 10.1. The van der Waals surface area contributed by atoms with Gasteiger partial charge in [-0.15, -0.1) is 0 Å². The maximum atomic E-state index is 13.3. The second-order valence-corrected chi connectivity index (χ2v) is 4.61. The van der Waals surface area contributed by atoms with Crippen LogP contribution in [0.4, 0.5) is 10.1 Å². The van der Waals surface area contributed by atoms with E-state index in [9.17, 15) is 9.18 Å². The smallest absolute Gasteiger partial charge is 0.338 e. The molecule has 0 saturated heterocycles. The molecular weight excluding hydrogens is 271 g/mol. The van der Waals surface area contributed by atoms with Crippen molar-refractivity contribution in [2.45, 2.75) is 13.5 Å². The quantitative estimate of drug-likeness (QED) is 0.694. The third-order valence-electron chi connectivity index (χ3n) is 2.93. The van der Waals surface area contributed by atoms with Crippen LogP contribution in [0.2, 0.25) is 0 Å². The number of nitrogens with zero attached hydrogens (tertiary/aromatic N) is 1. The number of anilines is 1. The van der Waals surface area contributed by atoms with Gasteiger partial charge in [0.1, 0.15) is 12.4 Å². The maximum absolute atomic E-state index is 13.3. The molecule has 0 unspecified atom stereocenters. The van der Waals surface area contributed by atoms with Gasteiger partial charge in [0.15, 0.2) is 0 Å². The van der Waals surface area contributed by atoms with E-state index in [1.54, 1.807) is 25.1 Å². The van der Waals surface area contributed by atoms with Gasteiger partial charge in [-0.2, -0.15) is 5.26 Å². The molecular formula is C16H13FN2O2. The minimum atomic E-state index is -0.538.